The quantitative estimate of drug-likeness (QED) is 0.546. The van der Waals surface area contributed by atoms with Gasteiger partial charge in [-0.05, 0) is 6.92 Å². The van der Waals surface area contributed by atoms with Crippen LogP contribution in [0.1, 0.15) is 6.92 Å². The molecule has 78 valence electrons. The molecule has 1 unspecified atom stereocenters. The van der Waals surface area contributed by atoms with Gasteiger partial charge in [0.15, 0.2) is 0 Å². The SMILES string of the molecule is COCCOCC(C)OC1COC1. The van der Waals surface area contributed by atoms with Gasteiger partial charge in [0, 0.05) is 7.11 Å². The zero-order valence-corrected chi connectivity index (χ0v) is 8.32. The van der Waals surface area contributed by atoms with Crippen molar-refractivity contribution in [3.8, 4) is 0 Å². The average molecular weight is 190 g/mol. The van der Waals surface area contributed by atoms with Crippen LogP contribution in [-0.2, 0) is 18.9 Å². The first-order valence-corrected chi connectivity index (χ1v) is 4.63. The van der Waals surface area contributed by atoms with Crippen LogP contribution >= 0.6 is 0 Å². The molecule has 1 saturated heterocycles. The number of methoxy groups -OCH3 is 1. The van der Waals surface area contributed by atoms with Crippen LogP contribution in [0.4, 0.5) is 0 Å². The van der Waals surface area contributed by atoms with E-state index in [-0.39, 0.29) is 12.2 Å². The third kappa shape index (κ3) is 4.57. The van der Waals surface area contributed by atoms with Crippen LogP contribution in [0.25, 0.3) is 0 Å². The molecule has 1 aliphatic heterocycles. The highest BCUT2D eigenvalue weighted by atomic mass is 16.6. The Bertz CT molecular complexity index is 125. The maximum Gasteiger partial charge on any atom is 0.105 e. The number of hydrogen-bond acceptors (Lipinski definition) is 4. The van der Waals surface area contributed by atoms with Crippen molar-refractivity contribution in [1.29, 1.82) is 0 Å². The molecule has 0 spiro atoms. The Labute approximate surface area is 79.1 Å². The lowest BCUT2D eigenvalue weighted by molar-refractivity contribution is -0.162. The summed E-state index contributed by atoms with van der Waals surface area (Å²) in [7, 11) is 1.66. The van der Waals surface area contributed by atoms with E-state index in [9.17, 15) is 0 Å². The first-order chi connectivity index (χ1) is 6.33. The molecule has 0 N–H and O–H groups in total. The van der Waals surface area contributed by atoms with E-state index in [4.69, 9.17) is 18.9 Å². The number of ether oxygens (including phenoxy) is 4. The zero-order chi connectivity index (χ0) is 9.52. The van der Waals surface area contributed by atoms with E-state index in [0.29, 0.717) is 19.8 Å². The molecule has 0 radical (unpaired) electrons. The Morgan fingerprint density at radius 2 is 2.15 bits per heavy atom. The van der Waals surface area contributed by atoms with E-state index in [0.717, 1.165) is 13.2 Å². The maximum atomic E-state index is 5.58. The summed E-state index contributed by atoms with van der Waals surface area (Å²) in [6.45, 7) is 5.35. The molecular weight excluding hydrogens is 172 g/mol. The third-order valence-electron chi connectivity index (χ3n) is 1.82. The monoisotopic (exact) mass is 190 g/mol. The van der Waals surface area contributed by atoms with E-state index in [2.05, 4.69) is 0 Å². The molecule has 0 bridgehead atoms. The zero-order valence-electron chi connectivity index (χ0n) is 8.32. The van der Waals surface area contributed by atoms with Gasteiger partial charge in [0.25, 0.3) is 0 Å². The Hall–Kier alpha value is -0.160. The van der Waals surface area contributed by atoms with Gasteiger partial charge in [-0.3, -0.25) is 0 Å². The second-order valence-corrected chi connectivity index (χ2v) is 3.17. The van der Waals surface area contributed by atoms with Gasteiger partial charge in [-0.15, -0.1) is 0 Å². The highest BCUT2D eigenvalue weighted by Crippen LogP contribution is 2.08. The van der Waals surface area contributed by atoms with Crippen LogP contribution in [0.5, 0.6) is 0 Å². The minimum Gasteiger partial charge on any atom is -0.382 e. The van der Waals surface area contributed by atoms with E-state index in [1.807, 2.05) is 6.92 Å². The van der Waals surface area contributed by atoms with E-state index < -0.39 is 0 Å². The van der Waals surface area contributed by atoms with Crippen molar-refractivity contribution in [1.82, 2.24) is 0 Å². The van der Waals surface area contributed by atoms with Crippen molar-refractivity contribution in [2.24, 2.45) is 0 Å². The van der Waals surface area contributed by atoms with Crippen LogP contribution in [0.2, 0.25) is 0 Å². The smallest absolute Gasteiger partial charge is 0.105 e. The fourth-order valence-corrected chi connectivity index (χ4v) is 1.05. The van der Waals surface area contributed by atoms with Crippen LogP contribution in [-0.4, -0.2) is 52.4 Å². The molecule has 0 aromatic carbocycles. The first-order valence-electron chi connectivity index (χ1n) is 4.63. The van der Waals surface area contributed by atoms with Crippen molar-refractivity contribution in [3.05, 3.63) is 0 Å². The molecular formula is C9H18O4. The van der Waals surface area contributed by atoms with Crippen LogP contribution in [0.3, 0.4) is 0 Å². The Morgan fingerprint density at radius 3 is 2.69 bits per heavy atom. The van der Waals surface area contributed by atoms with Crippen molar-refractivity contribution in [3.63, 3.8) is 0 Å². The lowest BCUT2D eigenvalue weighted by Crippen LogP contribution is -2.39. The van der Waals surface area contributed by atoms with E-state index >= 15 is 0 Å². The van der Waals surface area contributed by atoms with Gasteiger partial charge in [0.05, 0.1) is 39.1 Å². The fourth-order valence-electron chi connectivity index (χ4n) is 1.05. The number of hydrogen-bond donors (Lipinski definition) is 0. The molecule has 0 aromatic heterocycles. The summed E-state index contributed by atoms with van der Waals surface area (Å²) in [5.74, 6) is 0. The number of rotatable bonds is 7. The normalized spacial score (nSPS) is 19.8. The van der Waals surface area contributed by atoms with Crippen molar-refractivity contribution >= 4 is 0 Å². The van der Waals surface area contributed by atoms with E-state index in [1.165, 1.54) is 0 Å². The standard InChI is InChI=1S/C9H18O4/c1-8(5-11-4-3-10-2)13-9-6-12-7-9/h8-9H,3-7H2,1-2H3. The van der Waals surface area contributed by atoms with Gasteiger partial charge < -0.3 is 18.9 Å². The largest absolute Gasteiger partial charge is 0.382 e. The first kappa shape index (κ1) is 10.9. The van der Waals surface area contributed by atoms with Crippen molar-refractivity contribution in [2.75, 3.05) is 40.1 Å². The van der Waals surface area contributed by atoms with Crippen molar-refractivity contribution < 1.29 is 18.9 Å². The molecule has 13 heavy (non-hydrogen) atoms. The van der Waals surface area contributed by atoms with Gasteiger partial charge >= 0.3 is 0 Å². The van der Waals surface area contributed by atoms with Gasteiger partial charge in [-0.25, -0.2) is 0 Å². The van der Waals surface area contributed by atoms with Crippen LogP contribution < -0.4 is 0 Å². The third-order valence-corrected chi connectivity index (χ3v) is 1.82. The summed E-state index contributed by atoms with van der Waals surface area (Å²) in [5, 5.41) is 0. The predicted octanol–water partition coefficient (Wildman–Crippen LogP) is 0.453. The summed E-state index contributed by atoms with van der Waals surface area (Å²) in [6.07, 6.45) is 0.423. The molecule has 0 amide bonds. The molecule has 1 rings (SSSR count). The summed E-state index contributed by atoms with van der Waals surface area (Å²) in [4.78, 5) is 0. The van der Waals surface area contributed by atoms with Crippen molar-refractivity contribution in [2.45, 2.75) is 19.1 Å². The molecule has 1 heterocycles. The molecule has 0 aromatic rings. The van der Waals surface area contributed by atoms with Gasteiger partial charge in [-0.1, -0.05) is 0 Å². The molecule has 4 heteroatoms. The second-order valence-electron chi connectivity index (χ2n) is 3.17. The van der Waals surface area contributed by atoms with Gasteiger partial charge in [-0.2, -0.15) is 0 Å². The summed E-state index contributed by atoms with van der Waals surface area (Å²) < 4.78 is 20.7. The van der Waals surface area contributed by atoms with Gasteiger partial charge in [0.1, 0.15) is 6.10 Å². The molecule has 0 aliphatic carbocycles. The molecule has 4 nitrogen and oxygen atoms in total. The van der Waals surface area contributed by atoms with E-state index in [1.54, 1.807) is 7.11 Å². The highest BCUT2D eigenvalue weighted by Gasteiger charge is 2.21. The topological polar surface area (TPSA) is 36.9 Å². The predicted molar refractivity (Wildman–Crippen MR) is 47.8 cm³/mol. The van der Waals surface area contributed by atoms with Gasteiger partial charge in [0.2, 0.25) is 0 Å². The molecule has 1 aliphatic rings. The highest BCUT2D eigenvalue weighted by molar-refractivity contribution is 4.66. The summed E-state index contributed by atoms with van der Waals surface area (Å²) in [6, 6.07) is 0. The molecule has 1 atom stereocenters. The Balaban J connectivity index is 1.87. The molecule has 1 fully saturated rings. The maximum absolute atomic E-state index is 5.58. The Morgan fingerprint density at radius 1 is 1.38 bits per heavy atom. The molecule has 0 saturated carbocycles. The fraction of sp³-hybridized carbons (Fsp3) is 1.00. The van der Waals surface area contributed by atoms with Crippen LogP contribution in [0.15, 0.2) is 0 Å². The lowest BCUT2D eigenvalue weighted by Gasteiger charge is -2.29. The summed E-state index contributed by atoms with van der Waals surface area (Å²) in [5.41, 5.74) is 0. The minimum absolute atomic E-state index is 0.144. The lowest BCUT2D eigenvalue weighted by atomic mass is 10.3. The van der Waals surface area contributed by atoms with Crippen LogP contribution in [0, 0.1) is 0 Å². The minimum atomic E-state index is 0.144. The summed E-state index contributed by atoms with van der Waals surface area (Å²) >= 11 is 0. The second kappa shape index (κ2) is 6.32. The Kier molecular flexibility index (Phi) is 5.31. The average Bonchev–Trinajstić information content (AvgIpc) is 2.06.